The van der Waals surface area contributed by atoms with Gasteiger partial charge in [0.25, 0.3) is 11.6 Å². The summed E-state index contributed by atoms with van der Waals surface area (Å²) in [5.41, 5.74) is 2.13. The average molecular weight is 342 g/mol. The standard InChI is InChI=1S/C18H18N2O5/c1-12-6-3-4-7-14(12)10-19-17(21)11-25-18(22)15-8-5-9-16(13(15)2)20(23)24/h3-9H,10-11H2,1-2H3,(H,19,21). The topological polar surface area (TPSA) is 98.5 Å². The van der Waals surface area contributed by atoms with Crippen LogP contribution in [0.5, 0.6) is 0 Å². The molecular weight excluding hydrogens is 324 g/mol. The zero-order chi connectivity index (χ0) is 18.4. The van der Waals surface area contributed by atoms with Crippen LogP contribution in [-0.2, 0) is 16.1 Å². The number of aryl methyl sites for hydroxylation is 1. The number of hydrogen-bond donors (Lipinski definition) is 1. The highest BCUT2D eigenvalue weighted by molar-refractivity contribution is 5.93. The van der Waals surface area contributed by atoms with Crippen molar-refractivity contribution in [2.45, 2.75) is 20.4 Å². The Hall–Kier alpha value is -3.22. The minimum absolute atomic E-state index is 0.0703. The molecule has 0 fully saturated rings. The summed E-state index contributed by atoms with van der Waals surface area (Å²) in [4.78, 5) is 34.2. The van der Waals surface area contributed by atoms with Gasteiger partial charge in [-0.3, -0.25) is 14.9 Å². The van der Waals surface area contributed by atoms with Crippen molar-refractivity contribution in [2.75, 3.05) is 6.61 Å². The highest BCUT2D eigenvalue weighted by atomic mass is 16.6. The number of nitro groups is 1. The van der Waals surface area contributed by atoms with E-state index in [1.165, 1.54) is 25.1 Å². The molecule has 1 N–H and O–H groups in total. The Morgan fingerprint density at radius 1 is 1.12 bits per heavy atom. The quantitative estimate of drug-likeness (QED) is 0.494. The minimum Gasteiger partial charge on any atom is -0.452 e. The van der Waals surface area contributed by atoms with Gasteiger partial charge in [-0.05, 0) is 31.0 Å². The van der Waals surface area contributed by atoms with Crippen LogP contribution in [0.4, 0.5) is 5.69 Å². The Bertz CT molecular complexity index is 817. The van der Waals surface area contributed by atoms with Crippen molar-refractivity contribution in [1.82, 2.24) is 5.32 Å². The highest BCUT2D eigenvalue weighted by Crippen LogP contribution is 2.21. The van der Waals surface area contributed by atoms with Gasteiger partial charge in [0.05, 0.1) is 10.5 Å². The fraction of sp³-hybridized carbons (Fsp3) is 0.222. The smallest absolute Gasteiger partial charge is 0.339 e. The molecule has 2 rings (SSSR count). The van der Waals surface area contributed by atoms with Gasteiger partial charge in [-0.1, -0.05) is 30.3 Å². The summed E-state index contributed by atoms with van der Waals surface area (Å²) in [5, 5.41) is 13.6. The van der Waals surface area contributed by atoms with E-state index < -0.39 is 23.4 Å². The number of nitrogens with one attached hydrogen (secondary N) is 1. The summed E-state index contributed by atoms with van der Waals surface area (Å²) in [6.07, 6.45) is 0. The van der Waals surface area contributed by atoms with Gasteiger partial charge in [0.2, 0.25) is 0 Å². The lowest BCUT2D eigenvalue weighted by Crippen LogP contribution is -2.28. The molecule has 1 amide bonds. The van der Waals surface area contributed by atoms with Crippen molar-refractivity contribution < 1.29 is 19.2 Å². The summed E-state index contributed by atoms with van der Waals surface area (Å²) >= 11 is 0. The number of benzene rings is 2. The van der Waals surface area contributed by atoms with Gasteiger partial charge in [-0.25, -0.2) is 4.79 Å². The van der Waals surface area contributed by atoms with E-state index in [-0.39, 0.29) is 16.8 Å². The maximum absolute atomic E-state index is 12.0. The predicted octanol–water partition coefficient (Wildman–Crippen LogP) is 2.68. The fourth-order valence-electron chi connectivity index (χ4n) is 2.30. The van der Waals surface area contributed by atoms with E-state index in [4.69, 9.17) is 4.74 Å². The molecule has 2 aromatic rings. The second kappa shape index (κ2) is 8.05. The second-order valence-corrected chi connectivity index (χ2v) is 5.49. The first-order valence-corrected chi connectivity index (χ1v) is 7.62. The molecule has 25 heavy (non-hydrogen) atoms. The molecule has 0 radical (unpaired) electrons. The van der Waals surface area contributed by atoms with E-state index in [0.717, 1.165) is 11.1 Å². The Morgan fingerprint density at radius 3 is 2.52 bits per heavy atom. The third kappa shape index (κ3) is 4.63. The van der Waals surface area contributed by atoms with E-state index in [0.29, 0.717) is 6.54 Å². The molecule has 2 aromatic carbocycles. The number of ether oxygens (including phenoxy) is 1. The first kappa shape index (κ1) is 18.1. The van der Waals surface area contributed by atoms with Crippen LogP contribution >= 0.6 is 0 Å². The monoisotopic (exact) mass is 342 g/mol. The van der Waals surface area contributed by atoms with Crippen LogP contribution in [0.15, 0.2) is 42.5 Å². The van der Waals surface area contributed by atoms with Crippen molar-refractivity contribution in [2.24, 2.45) is 0 Å². The zero-order valence-corrected chi connectivity index (χ0v) is 13.9. The van der Waals surface area contributed by atoms with Gasteiger partial charge in [-0.2, -0.15) is 0 Å². The molecule has 0 saturated heterocycles. The molecule has 130 valence electrons. The van der Waals surface area contributed by atoms with Crippen LogP contribution < -0.4 is 5.32 Å². The van der Waals surface area contributed by atoms with Gasteiger partial charge >= 0.3 is 5.97 Å². The number of carbonyl (C=O) groups is 2. The van der Waals surface area contributed by atoms with Crippen LogP contribution in [0.1, 0.15) is 27.0 Å². The normalized spacial score (nSPS) is 10.2. The Labute approximate surface area is 144 Å². The Kier molecular flexibility index (Phi) is 5.84. The van der Waals surface area contributed by atoms with Crippen LogP contribution in [0.2, 0.25) is 0 Å². The first-order valence-electron chi connectivity index (χ1n) is 7.62. The van der Waals surface area contributed by atoms with Crippen LogP contribution in [0.3, 0.4) is 0 Å². The molecule has 0 saturated carbocycles. The lowest BCUT2D eigenvalue weighted by molar-refractivity contribution is -0.385. The van der Waals surface area contributed by atoms with E-state index in [1.54, 1.807) is 0 Å². The molecule has 7 heteroatoms. The van der Waals surface area contributed by atoms with Crippen molar-refractivity contribution in [3.63, 3.8) is 0 Å². The average Bonchev–Trinajstić information content (AvgIpc) is 2.59. The molecule has 0 spiro atoms. The third-order valence-corrected chi connectivity index (χ3v) is 3.79. The van der Waals surface area contributed by atoms with Crippen LogP contribution in [-0.4, -0.2) is 23.4 Å². The maximum atomic E-state index is 12.0. The second-order valence-electron chi connectivity index (χ2n) is 5.49. The van der Waals surface area contributed by atoms with Crippen LogP contribution in [0, 0.1) is 24.0 Å². The largest absolute Gasteiger partial charge is 0.452 e. The molecule has 7 nitrogen and oxygen atoms in total. The summed E-state index contributed by atoms with van der Waals surface area (Å²) in [6.45, 7) is 3.28. The molecule has 0 aliphatic rings. The molecule has 0 aromatic heterocycles. The Balaban J connectivity index is 1.92. The van der Waals surface area contributed by atoms with E-state index >= 15 is 0 Å². The molecule has 0 heterocycles. The fourth-order valence-corrected chi connectivity index (χ4v) is 2.30. The molecule has 0 atom stereocenters. The summed E-state index contributed by atoms with van der Waals surface area (Å²) < 4.78 is 4.95. The lowest BCUT2D eigenvalue weighted by atomic mass is 10.1. The number of nitro benzene ring substituents is 1. The summed E-state index contributed by atoms with van der Waals surface area (Å²) in [5.74, 6) is -1.22. The number of nitrogens with zero attached hydrogens (tertiary/aromatic N) is 1. The van der Waals surface area contributed by atoms with Crippen molar-refractivity contribution >= 4 is 17.6 Å². The Morgan fingerprint density at radius 2 is 1.84 bits per heavy atom. The highest BCUT2D eigenvalue weighted by Gasteiger charge is 2.19. The minimum atomic E-state index is -0.771. The molecular formula is C18H18N2O5. The SMILES string of the molecule is Cc1ccccc1CNC(=O)COC(=O)c1cccc([N+](=O)[O-])c1C. The molecule has 0 aliphatic heterocycles. The van der Waals surface area contributed by atoms with Crippen molar-refractivity contribution in [3.05, 3.63) is 74.8 Å². The summed E-state index contributed by atoms with van der Waals surface area (Å²) in [7, 11) is 0. The van der Waals surface area contributed by atoms with Gasteiger partial charge in [0, 0.05) is 18.2 Å². The van der Waals surface area contributed by atoms with E-state index in [9.17, 15) is 19.7 Å². The molecule has 0 bridgehead atoms. The van der Waals surface area contributed by atoms with Crippen molar-refractivity contribution in [3.8, 4) is 0 Å². The number of amides is 1. The number of hydrogen-bond acceptors (Lipinski definition) is 5. The van der Waals surface area contributed by atoms with Crippen molar-refractivity contribution in [1.29, 1.82) is 0 Å². The van der Waals surface area contributed by atoms with Gasteiger partial charge < -0.3 is 10.1 Å². The number of rotatable bonds is 6. The predicted molar refractivity (Wildman–Crippen MR) is 91.1 cm³/mol. The first-order chi connectivity index (χ1) is 11.9. The molecule has 0 aliphatic carbocycles. The van der Waals surface area contributed by atoms with Gasteiger partial charge in [0.15, 0.2) is 6.61 Å². The maximum Gasteiger partial charge on any atom is 0.339 e. The zero-order valence-electron chi connectivity index (χ0n) is 13.9. The summed E-state index contributed by atoms with van der Waals surface area (Å²) in [6, 6.07) is 11.8. The van der Waals surface area contributed by atoms with Gasteiger partial charge in [-0.15, -0.1) is 0 Å². The number of carbonyl (C=O) groups excluding carboxylic acids is 2. The lowest BCUT2D eigenvalue weighted by Gasteiger charge is -2.09. The number of esters is 1. The van der Waals surface area contributed by atoms with Gasteiger partial charge in [0.1, 0.15) is 0 Å². The van der Waals surface area contributed by atoms with E-state index in [1.807, 2.05) is 31.2 Å². The van der Waals surface area contributed by atoms with E-state index in [2.05, 4.69) is 5.32 Å². The van der Waals surface area contributed by atoms with Crippen LogP contribution in [0.25, 0.3) is 0 Å². The molecule has 0 unspecified atom stereocenters. The third-order valence-electron chi connectivity index (χ3n) is 3.79.